The molecule has 0 aliphatic heterocycles. The van der Waals surface area contributed by atoms with Crippen LogP contribution >= 0.6 is 0 Å². The number of hydrogen-bond acceptors (Lipinski definition) is 7. The van der Waals surface area contributed by atoms with Crippen LogP contribution in [-0.4, -0.2) is 26.3 Å². The highest BCUT2D eigenvalue weighted by Crippen LogP contribution is 2.31. The van der Waals surface area contributed by atoms with Gasteiger partial charge in [0.15, 0.2) is 11.5 Å². The second kappa shape index (κ2) is 13.1. The molecule has 4 aromatic carbocycles. The van der Waals surface area contributed by atoms with E-state index in [1.54, 1.807) is 42.5 Å². The lowest BCUT2D eigenvalue weighted by Crippen LogP contribution is -2.14. The maximum absolute atomic E-state index is 13.4. The van der Waals surface area contributed by atoms with Crippen LogP contribution in [0.25, 0.3) is 16.8 Å². The molecule has 2 N–H and O–H groups in total. The van der Waals surface area contributed by atoms with Crippen LogP contribution in [0.15, 0.2) is 89.8 Å². The summed E-state index contributed by atoms with van der Waals surface area (Å²) in [5.74, 6) is -1.54. The number of carbonyl (C=O) groups is 3. The molecular weight excluding hydrogens is 556 g/mol. The molecule has 0 unspecified atom stereocenters. The summed E-state index contributed by atoms with van der Waals surface area (Å²) in [4.78, 5) is 35.7. The lowest BCUT2D eigenvalue weighted by atomic mass is 10.1. The smallest absolute Gasteiger partial charge is 0.308 e. The van der Waals surface area contributed by atoms with Gasteiger partial charge >= 0.3 is 11.9 Å². The summed E-state index contributed by atoms with van der Waals surface area (Å²) in [6.45, 7) is 4.50. The van der Waals surface area contributed by atoms with E-state index in [1.165, 1.54) is 44.2 Å². The first-order chi connectivity index (χ1) is 20.1. The molecule has 42 heavy (non-hydrogen) atoms. The first-order valence-corrected chi connectivity index (χ1v) is 14.7. The molecule has 9 nitrogen and oxygen atoms in total. The maximum Gasteiger partial charge on any atom is 0.308 e. The van der Waals surface area contributed by atoms with Gasteiger partial charge in [-0.2, -0.15) is 0 Å². The summed E-state index contributed by atoms with van der Waals surface area (Å²) in [6, 6.07) is 21.7. The van der Waals surface area contributed by atoms with Gasteiger partial charge in [-0.1, -0.05) is 55.8 Å². The molecule has 0 bridgehead atoms. The average molecular weight is 587 g/mol. The number of anilines is 2. The Morgan fingerprint density at radius 1 is 0.810 bits per heavy atom. The highest BCUT2D eigenvalue weighted by atomic mass is 32.2. The zero-order valence-corrected chi connectivity index (χ0v) is 24.2. The van der Waals surface area contributed by atoms with Crippen LogP contribution in [0, 0.1) is 0 Å². The van der Waals surface area contributed by atoms with Crippen molar-refractivity contribution in [2.45, 2.75) is 38.5 Å². The van der Waals surface area contributed by atoms with Gasteiger partial charge in [0.2, 0.25) is 5.91 Å². The number of hydrogen-bond donors (Lipinski definition) is 2. The Kier molecular flexibility index (Phi) is 9.39. The van der Waals surface area contributed by atoms with E-state index >= 15 is 0 Å². The van der Waals surface area contributed by atoms with Gasteiger partial charge in [0.25, 0.3) is 10.0 Å². The summed E-state index contributed by atoms with van der Waals surface area (Å²) < 4.78 is 39.6. The molecule has 0 aromatic heterocycles. The van der Waals surface area contributed by atoms with E-state index in [1.807, 2.05) is 18.2 Å². The minimum atomic E-state index is -3.93. The maximum atomic E-state index is 13.4. The van der Waals surface area contributed by atoms with Gasteiger partial charge in [0.1, 0.15) is 0 Å². The molecule has 0 fully saturated rings. The quantitative estimate of drug-likeness (QED) is 0.131. The lowest BCUT2D eigenvalue weighted by molar-refractivity contribution is -0.134. The van der Waals surface area contributed by atoms with Crippen molar-refractivity contribution in [2.75, 3.05) is 10.0 Å². The Morgan fingerprint density at radius 2 is 1.50 bits per heavy atom. The summed E-state index contributed by atoms with van der Waals surface area (Å²) in [5, 5.41) is 3.79. The fraction of sp³-hybridized carbons (Fsp3) is 0.156. The largest absolute Gasteiger partial charge is 0.423 e. The fourth-order valence-electron chi connectivity index (χ4n) is 4.36. The lowest BCUT2D eigenvalue weighted by Gasteiger charge is -2.13. The number of ether oxygens (including phenoxy) is 2. The van der Waals surface area contributed by atoms with Gasteiger partial charge in [-0.05, 0) is 60.0 Å². The highest BCUT2D eigenvalue weighted by molar-refractivity contribution is 7.93. The number of carbonyl (C=O) groups excluding carboxylic acids is 3. The van der Waals surface area contributed by atoms with Gasteiger partial charge in [0, 0.05) is 42.1 Å². The van der Waals surface area contributed by atoms with Crippen LogP contribution in [-0.2, 0) is 30.8 Å². The second-order valence-corrected chi connectivity index (χ2v) is 11.1. The van der Waals surface area contributed by atoms with E-state index in [9.17, 15) is 22.8 Å². The molecule has 0 spiro atoms. The van der Waals surface area contributed by atoms with Crippen molar-refractivity contribution in [3.63, 3.8) is 0 Å². The van der Waals surface area contributed by atoms with E-state index in [0.717, 1.165) is 18.4 Å². The number of sulfonamides is 1. The van der Waals surface area contributed by atoms with Gasteiger partial charge < -0.3 is 14.8 Å². The molecule has 0 aliphatic carbocycles. The first-order valence-electron chi connectivity index (χ1n) is 13.2. The van der Waals surface area contributed by atoms with Gasteiger partial charge in [-0.15, -0.1) is 0 Å². The second-order valence-electron chi connectivity index (χ2n) is 9.43. The summed E-state index contributed by atoms with van der Waals surface area (Å²) in [7, 11) is -3.93. The monoisotopic (exact) mass is 586 g/mol. The minimum Gasteiger partial charge on any atom is -0.423 e. The van der Waals surface area contributed by atoms with Crippen molar-refractivity contribution in [2.24, 2.45) is 0 Å². The fourth-order valence-corrected chi connectivity index (χ4v) is 5.63. The number of fused-ring (bicyclic) bond motifs is 1. The molecule has 1 amide bonds. The summed E-state index contributed by atoms with van der Waals surface area (Å²) in [5.41, 5.74) is 2.45. The van der Waals surface area contributed by atoms with Crippen molar-refractivity contribution >= 4 is 56.1 Å². The van der Waals surface area contributed by atoms with E-state index in [2.05, 4.69) is 17.0 Å². The minimum absolute atomic E-state index is 0.0359. The molecule has 216 valence electrons. The van der Waals surface area contributed by atoms with Crippen LogP contribution < -0.4 is 19.5 Å². The van der Waals surface area contributed by atoms with Crippen molar-refractivity contribution < 1.29 is 32.3 Å². The van der Waals surface area contributed by atoms with E-state index < -0.39 is 27.9 Å². The Labute approximate surface area is 244 Å². The van der Waals surface area contributed by atoms with Gasteiger partial charge in [-0.25, -0.2) is 8.42 Å². The summed E-state index contributed by atoms with van der Waals surface area (Å²) >= 11 is 0. The van der Waals surface area contributed by atoms with E-state index in [-0.39, 0.29) is 16.4 Å². The number of amides is 1. The molecule has 0 atom stereocenters. The van der Waals surface area contributed by atoms with Crippen molar-refractivity contribution in [3.05, 3.63) is 96.1 Å². The van der Waals surface area contributed by atoms with Crippen LogP contribution in [0.3, 0.4) is 0 Å². The number of aryl methyl sites for hydroxylation is 1. The Balaban J connectivity index is 1.57. The molecule has 0 radical (unpaired) electrons. The number of nitrogens with one attached hydrogen (secondary N) is 2. The average Bonchev–Trinajstić information content (AvgIpc) is 2.92. The van der Waals surface area contributed by atoms with Crippen LogP contribution in [0.2, 0.25) is 0 Å². The van der Waals surface area contributed by atoms with Crippen molar-refractivity contribution in [3.8, 4) is 11.5 Å². The zero-order chi connectivity index (χ0) is 30.3. The third-order valence-corrected chi connectivity index (χ3v) is 7.49. The molecule has 10 heteroatoms. The molecule has 4 rings (SSSR count). The predicted octanol–water partition coefficient (Wildman–Crippen LogP) is 6.10. The molecule has 0 saturated carbocycles. The van der Waals surface area contributed by atoms with Crippen molar-refractivity contribution in [1.29, 1.82) is 0 Å². The third-order valence-electron chi connectivity index (χ3n) is 6.05. The van der Waals surface area contributed by atoms with Crippen LogP contribution in [0.4, 0.5) is 11.4 Å². The highest BCUT2D eigenvalue weighted by Gasteiger charge is 2.19. The topological polar surface area (TPSA) is 128 Å². The summed E-state index contributed by atoms with van der Waals surface area (Å²) in [6.07, 6.45) is 4.56. The Bertz CT molecular complexity index is 1800. The van der Waals surface area contributed by atoms with E-state index in [4.69, 9.17) is 9.47 Å². The number of benzene rings is 4. The SMILES string of the molecule is CCCc1cccc(NS(=O)(=O)c2cccc3c(NC(=O)/C=C/c4ccc(OC(C)=O)c(OC(C)=O)c4)cccc23)c1. The molecule has 4 aromatic rings. The first kappa shape index (κ1) is 30.0. The molecular formula is C32H30N2O7S. The van der Waals surface area contributed by atoms with Crippen molar-refractivity contribution in [1.82, 2.24) is 0 Å². The standard InChI is InChI=1S/C32H30N2O7S/c1-4-8-23-9-5-10-25(19-23)34-42(38,39)31-14-7-11-26-27(31)12-6-13-28(26)33-32(37)18-16-24-15-17-29(40-21(2)35)30(20-24)41-22(3)36/h5-7,9-20,34H,4,8H2,1-3H3,(H,33,37)/b18-16+. The van der Waals surface area contributed by atoms with E-state index in [0.29, 0.717) is 27.7 Å². The van der Waals surface area contributed by atoms with Gasteiger partial charge in [-0.3, -0.25) is 19.1 Å². The number of esters is 2. The molecule has 0 saturated heterocycles. The predicted molar refractivity (Wildman–Crippen MR) is 162 cm³/mol. The zero-order valence-electron chi connectivity index (χ0n) is 23.3. The molecule has 0 heterocycles. The third kappa shape index (κ3) is 7.61. The normalized spacial score (nSPS) is 11.3. The van der Waals surface area contributed by atoms with Crippen LogP contribution in [0.5, 0.6) is 11.5 Å². The molecule has 0 aliphatic rings. The Morgan fingerprint density at radius 3 is 2.24 bits per heavy atom. The Hall–Kier alpha value is -4.96. The van der Waals surface area contributed by atoms with Crippen LogP contribution in [0.1, 0.15) is 38.3 Å². The van der Waals surface area contributed by atoms with Gasteiger partial charge in [0.05, 0.1) is 4.90 Å². The number of rotatable bonds is 10.